The van der Waals surface area contributed by atoms with E-state index in [1.165, 1.54) is 50.9 Å². The molecule has 8 heteroatoms. The number of halogens is 1. The van der Waals surface area contributed by atoms with E-state index in [0.717, 1.165) is 13.0 Å². The highest BCUT2D eigenvalue weighted by atomic mass is 19.1. The molecular formula is C26H27FN4O3. The number of rotatable bonds is 8. The van der Waals surface area contributed by atoms with Gasteiger partial charge >= 0.3 is 0 Å². The van der Waals surface area contributed by atoms with Crippen molar-refractivity contribution in [3.63, 3.8) is 0 Å². The maximum Gasteiger partial charge on any atom is 0.230 e. The number of pyridine rings is 1. The minimum atomic E-state index is -0.375. The van der Waals surface area contributed by atoms with Gasteiger partial charge in [-0.25, -0.2) is 14.4 Å². The Labute approximate surface area is 197 Å². The summed E-state index contributed by atoms with van der Waals surface area (Å²) in [7, 11) is 1.61. The molecule has 2 aromatic carbocycles. The van der Waals surface area contributed by atoms with E-state index in [2.05, 4.69) is 19.9 Å². The van der Waals surface area contributed by atoms with Crippen LogP contribution in [0.4, 0.5) is 4.39 Å². The van der Waals surface area contributed by atoms with E-state index in [9.17, 15) is 4.39 Å². The van der Waals surface area contributed by atoms with Crippen LogP contribution in [0, 0.1) is 5.82 Å². The number of likely N-dealkylation sites (tertiary alicyclic amines) is 1. The molecule has 0 aliphatic carbocycles. The lowest BCUT2D eigenvalue weighted by molar-refractivity contribution is 0.203. The fourth-order valence-corrected chi connectivity index (χ4v) is 4.30. The van der Waals surface area contributed by atoms with Crippen LogP contribution in [0.5, 0.6) is 23.1 Å². The van der Waals surface area contributed by atoms with Crippen LogP contribution in [0.15, 0.2) is 48.9 Å². The van der Waals surface area contributed by atoms with Crippen LogP contribution in [0.2, 0.25) is 0 Å². The molecule has 0 spiro atoms. The first-order valence-corrected chi connectivity index (χ1v) is 11.6. The van der Waals surface area contributed by atoms with Crippen molar-refractivity contribution in [3.8, 4) is 23.1 Å². The Balaban J connectivity index is 1.33. The Hall–Kier alpha value is -3.52. The van der Waals surface area contributed by atoms with Gasteiger partial charge < -0.3 is 19.1 Å². The molecule has 4 aromatic rings. The zero-order valence-electron chi connectivity index (χ0n) is 19.2. The van der Waals surface area contributed by atoms with Crippen molar-refractivity contribution >= 4 is 21.8 Å². The molecule has 5 rings (SSSR count). The third kappa shape index (κ3) is 5.02. The quantitative estimate of drug-likeness (QED) is 0.326. The smallest absolute Gasteiger partial charge is 0.230 e. The molecule has 0 unspecified atom stereocenters. The fourth-order valence-electron chi connectivity index (χ4n) is 4.30. The van der Waals surface area contributed by atoms with Gasteiger partial charge in [0.15, 0.2) is 11.5 Å². The van der Waals surface area contributed by atoms with Crippen molar-refractivity contribution < 1.29 is 18.6 Å². The number of benzene rings is 2. The van der Waals surface area contributed by atoms with E-state index in [-0.39, 0.29) is 5.82 Å². The third-order valence-electron chi connectivity index (χ3n) is 6.05. The number of ether oxygens (including phenoxy) is 3. The molecule has 34 heavy (non-hydrogen) atoms. The summed E-state index contributed by atoms with van der Waals surface area (Å²) in [5.74, 6) is 1.81. The zero-order chi connectivity index (χ0) is 23.3. The molecule has 1 fully saturated rings. The minimum Gasteiger partial charge on any atom is -0.493 e. The summed E-state index contributed by atoms with van der Waals surface area (Å²) in [6.07, 6.45) is 7.52. The van der Waals surface area contributed by atoms with Gasteiger partial charge in [-0.05, 0) is 56.6 Å². The molecule has 7 nitrogen and oxygen atoms in total. The second kappa shape index (κ2) is 10.2. The van der Waals surface area contributed by atoms with Crippen molar-refractivity contribution in [2.75, 3.05) is 33.4 Å². The van der Waals surface area contributed by atoms with Crippen molar-refractivity contribution in [1.29, 1.82) is 0 Å². The number of methoxy groups -OCH3 is 1. The molecule has 0 amide bonds. The first-order valence-electron chi connectivity index (χ1n) is 11.6. The second-order valence-corrected chi connectivity index (χ2v) is 8.41. The van der Waals surface area contributed by atoms with Gasteiger partial charge in [-0.3, -0.25) is 4.98 Å². The maximum atomic E-state index is 13.4. The van der Waals surface area contributed by atoms with Crippen LogP contribution in [0.25, 0.3) is 21.8 Å². The maximum absolute atomic E-state index is 13.4. The van der Waals surface area contributed by atoms with Crippen LogP contribution in [0.1, 0.15) is 25.7 Å². The molecule has 0 radical (unpaired) electrons. The molecule has 2 aromatic heterocycles. The largest absolute Gasteiger partial charge is 0.493 e. The van der Waals surface area contributed by atoms with E-state index in [4.69, 9.17) is 14.2 Å². The summed E-state index contributed by atoms with van der Waals surface area (Å²) in [5.41, 5.74) is 1.33. The molecule has 176 valence electrons. The summed E-state index contributed by atoms with van der Waals surface area (Å²) >= 11 is 0. The van der Waals surface area contributed by atoms with Gasteiger partial charge in [0.25, 0.3) is 0 Å². The predicted octanol–water partition coefficient (Wildman–Crippen LogP) is 5.37. The molecule has 0 bridgehead atoms. The topological polar surface area (TPSA) is 69.6 Å². The molecule has 1 saturated heterocycles. The lowest BCUT2D eigenvalue weighted by Gasteiger charge is -2.26. The van der Waals surface area contributed by atoms with Gasteiger partial charge in [-0.2, -0.15) is 0 Å². The van der Waals surface area contributed by atoms with Gasteiger partial charge in [-0.1, -0.05) is 6.42 Å². The monoisotopic (exact) mass is 462 g/mol. The number of hydrogen-bond acceptors (Lipinski definition) is 7. The first kappa shape index (κ1) is 22.3. The van der Waals surface area contributed by atoms with E-state index < -0.39 is 0 Å². The Morgan fingerprint density at radius 2 is 1.82 bits per heavy atom. The van der Waals surface area contributed by atoms with Gasteiger partial charge in [0, 0.05) is 24.1 Å². The highest BCUT2D eigenvalue weighted by Gasteiger charge is 2.14. The van der Waals surface area contributed by atoms with Crippen LogP contribution in [-0.4, -0.2) is 53.2 Å². The Morgan fingerprint density at radius 3 is 2.68 bits per heavy atom. The van der Waals surface area contributed by atoms with E-state index in [1.54, 1.807) is 25.3 Å². The van der Waals surface area contributed by atoms with E-state index in [0.29, 0.717) is 51.5 Å². The van der Waals surface area contributed by atoms with Crippen LogP contribution >= 0.6 is 0 Å². The Kier molecular flexibility index (Phi) is 6.67. The molecule has 1 aliphatic heterocycles. The Bertz CT molecular complexity index is 1290. The number of piperidine rings is 1. The van der Waals surface area contributed by atoms with Crippen molar-refractivity contribution in [3.05, 3.63) is 54.7 Å². The third-order valence-corrected chi connectivity index (χ3v) is 6.05. The fraction of sp³-hybridized carbons (Fsp3) is 0.346. The predicted molar refractivity (Wildman–Crippen MR) is 128 cm³/mol. The number of fused-ring (bicyclic) bond motifs is 2. The van der Waals surface area contributed by atoms with E-state index >= 15 is 0 Å². The lowest BCUT2D eigenvalue weighted by atomic mass is 10.1. The van der Waals surface area contributed by atoms with Crippen LogP contribution in [0.3, 0.4) is 0 Å². The van der Waals surface area contributed by atoms with Crippen molar-refractivity contribution in [1.82, 2.24) is 19.9 Å². The summed E-state index contributed by atoms with van der Waals surface area (Å²) in [6, 6.07) is 10.4. The van der Waals surface area contributed by atoms with Gasteiger partial charge in [0.05, 0.1) is 36.3 Å². The average molecular weight is 463 g/mol. The van der Waals surface area contributed by atoms with Crippen molar-refractivity contribution in [2.24, 2.45) is 0 Å². The number of nitrogens with zero attached hydrogens (tertiary/aromatic N) is 4. The first-order chi connectivity index (χ1) is 16.7. The van der Waals surface area contributed by atoms with E-state index in [1.807, 2.05) is 12.1 Å². The van der Waals surface area contributed by atoms with Crippen molar-refractivity contribution in [2.45, 2.75) is 25.7 Å². The molecule has 3 heterocycles. The van der Waals surface area contributed by atoms with Gasteiger partial charge in [0.1, 0.15) is 17.9 Å². The standard InChI is InChI=1S/C26H27FN4O3/c1-32-24-14-21-23(15-25(24)33-11-5-10-31-8-3-2-4-9-31)29-17-30-26(21)34-20-7-6-18-12-19(27)16-28-22(18)13-20/h6-7,12-17H,2-5,8-11H2,1H3. The normalized spacial score (nSPS) is 14.4. The number of hydrogen-bond donors (Lipinski definition) is 0. The van der Waals surface area contributed by atoms with Crippen LogP contribution < -0.4 is 14.2 Å². The summed E-state index contributed by atoms with van der Waals surface area (Å²) < 4.78 is 31.1. The van der Waals surface area contributed by atoms with Crippen LogP contribution in [-0.2, 0) is 0 Å². The SMILES string of the molecule is COc1cc2c(Oc3ccc4cc(F)cnc4c3)ncnc2cc1OCCCN1CCCCC1. The van der Waals surface area contributed by atoms with Gasteiger partial charge in [-0.15, -0.1) is 0 Å². The Morgan fingerprint density at radius 1 is 0.941 bits per heavy atom. The molecule has 0 saturated carbocycles. The second-order valence-electron chi connectivity index (χ2n) is 8.41. The van der Waals surface area contributed by atoms with Gasteiger partial charge in [0.2, 0.25) is 5.88 Å². The molecule has 0 atom stereocenters. The summed E-state index contributed by atoms with van der Waals surface area (Å²) in [5, 5.41) is 1.40. The average Bonchev–Trinajstić information content (AvgIpc) is 2.87. The summed E-state index contributed by atoms with van der Waals surface area (Å²) in [6.45, 7) is 4.02. The zero-order valence-corrected chi connectivity index (χ0v) is 19.2. The molecular weight excluding hydrogens is 435 g/mol. The highest BCUT2D eigenvalue weighted by Crippen LogP contribution is 2.36. The molecule has 0 N–H and O–H groups in total. The minimum absolute atomic E-state index is 0.375. The highest BCUT2D eigenvalue weighted by molar-refractivity contribution is 5.87. The summed E-state index contributed by atoms with van der Waals surface area (Å²) in [4.78, 5) is 15.3. The number of aromatic nitrogens is 3. The lowest BCUT2D eigenvalue weighted by Crippen LogP contribution is -2.31. The molecule has 1 aliphatic rings.